The number of hydrogen-bond acceptors (Lipinski definition) is 4. The van der Waals surface area contributed by atoms with Crippen LogP contribution in [-0.4, -0.2) is 33.8 Å². The highest BCUT2D eigenvalue weighted by molar-refractivity contribution is 8.02. The number of para-hydroxylation sites is 1. The number of carboxylic acid groups (broad SMARTS) is 1. The molecule has 0 radical (unpaired) electrons. The van der Waals surface area contributed by atoms with E-state index in [0.29, 0.717) is 19.3 Å². The van der Waals surface area contributed by atoms with Crippen molar-refractivity contribution in [1.29, 1.82) is 0 Å². The molecule has 2 heterocycles. The van der Waals surface area contributed by atoms with Crippen molar-refractivity contribution in [3.63, 3.8) is 0 Å². The van der Waals surface area contributed by atoms with Crippen molar-refractivity contribution >= 4 is 35.2 Å². The van der Waals surface area contributed by atoms with Crippen LogP contribution >= 0.6 is 11.8 Å². The minimum Gasteiger partial charge on any atom is -0.480 e. The summed E-state index contributed by atoms with van der Waals surface area (Å²) in [5, 5.41) is 12.0. The zero-order chi connectivity index (χ0) is 17.3. The lowest BCUT2D eigenvalue weighted by Crippen LogP contribution is -2.56. The molecule has 2 amide bonds. The summed E-state index contributed by atoms with van der Waals surface area (Å²) in [6.45, 7) is 1.97. The number of hydrogen-bond donors (Lipinski definition) is 2. The van der Waals surface area contributed by atoms with Gasteiger partial charge in [-0.15, -0.1) is 0 Å². The zero-order valence-corrected chi connectivity index (χ0v) is 14.3. The fourth-order valence-corrected chi connectivity index (χ4v) is 4.66. The van der Waals surface area contributed by atoms with Crippen LogP contribution in [0.15, 0.2) is 29.2 Å². The van der Waals surface area contributed by atoms with Crippen molar-refractivity contribution in [1.82, 2.24) is 5.32 Å². The molecular weight excluding hydrogens is 328 g/mol. The summed E-state index contributed by atoms with van der Waals surface area (Å²) in [6, 6.07) is 6.48. The number of thioether (sulfide) groups is 1. The van der Waals surface area contributed by atoms with Crippen LogP contribution in [0.25, 0.3) is 0 Å². The number of aliphatic carboxylic acids is 1. The number of unbranched alkanes of at least 4 members (excludes halogenated alkanes) is 1. The topological polar surface area (TPSA) is 86.7 Å². The molecule has 1 aromatic rings. The molecule has 6 nitrogen and oxygen atoms in total. The predicted octanol–water partition coefficient (Wildman–Crippen LogP) is 2.38. The normalized spacial score (nSPS) is 22.9. The summed E-state index contributed by atoms with van der Waals surface area (Å²) >= 11 is 1.34. The second-order valence-electron chi connectivity index (χ2n) is 6.09. The Kier molecular flexibility index (Phi) is 4.54. The third kappa shape index (κ3) is 2.66. The molecule has 0 aromatic heterocycles. The number of carbonyl (C=O) groups excluding carboxylic acids is 2. The number of nitrogens with zero attached hydrogens (tertiary/aromatic N) is 1. The van der Waals surface area contributed by atoms with Gasteiger partial charge in [-0.05, 0) is 25.0 Å². The SMILES string of the molecule is CCCCC(NC(=O)C12CCC(=O)N1c1ccccc1S2)C(=O)O. The highest BCUT2D eigenvalue weighted by Gasteiger charge is 2.57. The summed E-state index contributed by atoms with van der Waals surface area (Å²) in [6.07, 6.45) is 2.65. The Morgan fingerprint density at radius 1 is 1.42 bits per heavy atom. The molecule has 128 valence electrons. The van der Waals surface area contributed by atoms with Crippen molar-refractivity contribution < 1.29 is 19.5 Å². The average molecular weight is 348 g/mol. The van der Waals surface area contributed by atoms with Crippen LogP contribution in [0.4, 0.5) is 5.69 Å². The molecule has 0 saturated carbocycles. The summed E-state index contributed by atoms with van der Waals surface area (Å²) < 4.78 is 0. The van der Waals surface area contributed by atoms with Gasteiger partial charge in [0.05, 0.1) is 5.69 Å². The lowest BCUT2D eigenvalue weighted by atomic mass is 10.1. The number of carboxylic acids is 1. The molecule has 0 spiro atoms. The predicted molar refractivity (Wildman–Crippen MR) is 90.8 cm³/mol. The van der Waals surface area contributed by atoms with E-state index in [1.807, 2.05) is 31.2 Å². The zero-order valence-electron chi connectivity index (χ0n) is 13.4. The fraction of sp³-hybridized carbons (Fsp3) is 0.471. The van der Waals surface area contributed by atoms with E-state index in [0.717, 1.165) is 23.4 Å². The van der Waals surface area contributed by atoms with Crippen molar-refractivity contribution in [2.24, 2.45) is 0 Å². The third-order valence-corrected chi connectivity index (χ3v) is 5.95. The van der Waals surface area contributed by atoms with E-state index in [1.54, 1.807) is 4.90 Å². The summed E-state index contributed by atoms with van der Waals surface area (Å²) in [4.78, 5) is 38.1. The van der Waals surface area contributed by atoms with Gasteiger partial charge in [0.15, 0.2) is 4.87 Å². The Balaban J connectivity index is 1.86. The molecule has 1 aromatic carbocycles. The van der Waals surface area contributed by atoms with Crippen LogP contribution in [-0.2, 0) is 14.4 Å². The first-order chi connectivity index (χ1) is 11.5. The number of fused-ring (bicyclic) bond motifs is 3. The minimum absolute atomic E-state index is 0.0944. The van der Waals surface area contributed by atoms with E-state index < -0.39 is 22.8 Å². The van der Waals surface area contributed by atoms with E-state index in [-0.39, 0.29) is 5.91 Å². The first-order valence-electron chi connectivity index (χ1n) is 8.14. The number of amides is 2. The number of benzene rings is 1. The Hall–Kier alpha value is -2.02. The lowest BCUT2D eigenvalue weighted by Gasteiger charge is -2.31. The molecule has 1 fully saturated rings. The van der Waals surface area contributed by atoms with Crippen LogP contribution < -0.4 is 10.2 Å². The first-order valence-corrected chi connectivity index (χ1v) is 8.96. The maximum atomic E-state index is 13.0. The summed E-state index contributed by atoms with van der Waals surface area (Å²) in [5.74, 6) is -1.52. The quantitative estimate of drug-likeness (QED) is 0.824. The Morgan fingerprint density at radius 2 is 2.17 bits per heavy atom. The Labute approximate surface area is 144 Å². The summed E-state index contributed by atoms with van der Waals surface area (Å²) in [7, 11) is 0. The van der Waals surface area contributed by atoms with Crippen molar-refractivity contribution in [3.8, 4) is 0 Å². The van der Waals surface area contributed by atoms with Gasteiger partial charge in [0, 0.05) is 11.3 Å². The van der Waals surface area contributed by atoms with Crippen molar-refractivity contribution in [2.45, 2.75) is 54.8 Å². The third-order valence-electron chi connectivity index (χ3n) is 4.48. The number of nitrogens with one attached hydrogen (secondary N) is 1. The van der Waals surface area contributed by atoms with E-state index in [4.69, 9.17) is 0 Å². The van der Waals surface area contributed by atoms with Gasteiger partial charge < -0.3 is 10.4 Å². The average Bonchev–Trinajstić information content (AvgIpc) is 3.07. The maximum Gasteiger partial charge on any atom is 0.326 e. The monoisotopic (exact) mass is 348 g/mol. The molecule has 2 aliphatic heterocycles. The second kappa shape index (κ2) is 6.47. The van der Waals surface area contributed by atoms with E-state index in [2.05, 4.69) is 5.32 Å². The van der Waals surface area contributed by atoms with Crippen LogP contribution in [0.1, 0.15) is 39.0 Å². The molecule has 2 N–H and O–H groups in total. The molecule has 7 heteroatoms. The molecule has 2 aliphatic rings. The van der Waals surface area contributed by atoms with Gasteiger partial charge in [-0.1, -0.05) is 43.7 Å². The van der Waals surface area contributed by atoms with Crippen LogP contribution in [0, 0.1) is 0 Å². The Morgan fingerprint density at radius 3 is 2.88 bits per heavy atom. The van der Waals surface area contributed by atoms with Crippen molar-refractivity contribution in [3.05, 3.63) is 24.3 Å². The molecular formula is C17H20N2O4S. The van der Waals surface area contributed by atoms with Gasteiger partial charge in [-0.25, -0.2) is 4.79 Å². The maximum absolute atomic E-state index is 13.0. The van der Waals surface area contributed by atoms with Gasteiger partial charge >= 0.3 is 5.97 Å². The smallest absolute Gasteiger partial charge is 0.326 e. The Bertz CT molecular complexity index is 693. The number of anilines is 1. The molecule has 2 atom stereocenters. The van der Waals surface area contributed by atoms with Crippen LogP contribution in [0.3, 0.4) is 0 Å². The highest BCUT2D eigenvalue weighted by atomic mass is 32.2. The summed E-state index contributed by atoms with van der Waals surface area (Å²) in [5.41, 5.74) is 0.737. The molecule has 0 aliphatic carbocycles. The van der Waals surface area contributed by atoms with Crippen LogP contribution in [0.2, 0.25) is 0 Å². The molecule has 2 unspecified atom stereocenters. The first kappa shape index (κ1) is 16.8. The van der Waals surface area contributed by atoms with E-state index >= 15 is 0 Å². The molecule has 0 bridgehead atoms. The highest BCUT2D eigenvalue weighted by Crippen LogP contribution is 2.55. The fourth-order valence-electron chi connectivity index (χ4n) is 3.24. The number of carbonyl (C=O) groups is 3. The van der Waals surface area contributed by atoms with Gasteiger partial charge in [0.2, 0.25) is 5.91 Å². The molecule has 24 heavy (non-hydrogen) atoms. The van der Waals surface area contributed by atoms with E-state index in [9.17, 15) is 19.5 Å². The molecule has 3 rings (SSSR count). The largest absolute Gasteiger partial charge is 0.480 e. The lowest BCUT2D eigenvalue weighted by molar-refractivity contribution is -0.142. The van der Waals surface area contributed by atoms with Crippen molar-refractivity contribution in [2.75, 3.05) is 4.90 Å². The van der Waals surface area contributed by atoms with Gasteiger partial charge in [0.25, 0.3) is 5.91 Å². The van der Waals surface area contributed by atoms with Crippen LogP contribution in [0.5, 0.6) is 0 Å². The number of rotatable bonds is 6. The molecule has 1 saturated heterocycles. The van der Waals surface area contributed by atoms with Gasteiger partial charge in [-0.2, -0.15) is 0 Å². The van der Waals surface area contributed by atoms with E-state index in [1.165, 1.54) is 11.8 Å². The minimum atomic E-state index is -1.05. The standard InChI is InChI=1S/C17H20N2O4S/c1-2-3-6-11(15(21)22)18-16(23)17-10-9-14(20)19(17)12-7-4-5-8-13(12)24-17/h4-5,7-8,11H,2-3,6,9-10H2,1H3,(H,18,23)(H,21,22). The second-order valence-corrected chi connectivity index (χ2v) is 7.41. The van der Waals surface area contributed by atoms with Gasteiger partial charge in [-0.3, -0.25) is 14.5 Å². The van der Waals surface area contributed by atoms with Gasteiger partial charge in [0.1, 0.15) is 6.04 Å².